The standard InChI is InChI=1S/C10H11BrCl2/c1-7(11)5-6-8-9(12)3-2-4-10(8)13/h2-4,7H,5-6H2,1H3. The van der Waals surface area contributed by atoms with Crippen LogP contribution in [0.5, 0.6) is 0 Å². The highest BCUT2D eigenvalue weighted by molar-refractivity contribution is 9.09. The van der Waals surface area contributed by atoms with Crippen LogP contribution in [0.15, 0.2) is 18.2 Å². The SMILES string of the molecule is CC(Br)CCc1c(Cl)cccc1Cl. The maximum atomic E-state index is 6.01. The highest BCUT2D eigenvalue weighted by atomic mass is 79.9. The van der Waals surface area contributed by atoms with E-state index in [1.165, 1.54) is 0 Å². The van der Waals surface area contributed by atoms with Gasteiger partial charge in [-0.25, -0.2) is 0 Å². The van der Waals surface area contributed by atoms with Gasteiger partial charge >= 0.3 is 0 Å². The summed E-state index contributed by atoms with van der Waals surface area (Å²) >= 11 is 15.5. The third-order valence-electron chi connectivity index (χ3n) is 1.85. The summed E-state index contributed by atoms with van der Waals surface area (Å²) in [6.07, 6.45) is 1.97. The summed E-state index contributed by atoms with van der Waals surface area (Å²) < 4.78 is 0. The van der Waals surface area contributed by atoms with Crippen LogP contribution in [0.25, 0.3) is 0 Å². The van der Waals surface area contributed by atoms with Crippen LogP contribution in [0.4, 0.5) is 0 Å². The van der Waals surface area contributed by atoms with Gasteiger partial charge in [-0.05, 0) is 30.5 Å². The van der Waals surface area contributed by atoms with Gasteiger partial charge in [0.15, 0.2) is 0 Å². The summed E-state index contributed by atoms with van der Waals surface area (Å²) in [5, 5.41) is 1.53. The molecule has 0 saturated heterocycles. The van der Waals surface area contributed by atoms with Crippen molar-refractivity contribution in [2.24, 2.45) is 0 Å². The second kappa shape index (κ2) is 5.23. The molecular formula is C10H11BrCl2. The Morgan fingerprint density at radius 3 is 2.31 bits per heavy atom. The van der Waals surface area contributed by atoms with E-state index in [0.717, 1.165) is 28.5 Å². The summed E-state index contributed by atoms with van der Waals surface area (Å²) in [5.41, 5.74) is 1.05. The Hall–Kier alpha value is 0.280. The van der Waals surface area contributed by atoms with Crippen molar-refractivity contribution in [3.63, 3.8) is 0 Å². The van der Waals surface area contributed by atoms with Crippen LogP contribution in [0, 0.1) is 0 Å². The lowest BCUT2D eigenvalue weighted by Crippen LogP contribution is -1.95. The largest absolute Gasteiger partial charge is 0.0894 e. The molecule has 0 radical (unpaired) electrons. The second-order valence-electron chi connectivity index (χ2n) is 3.02. The molecule has 1 aromatic carbocycles. The Balaban J connectivity index is 2.75. The van der Waals surface area contributed by atoms with Crippen molar-refractivity contribution < 1.29 is 0 Å². The minimum Gasteiger partial charge on any atom is -0.0894 e. The molecule has 3 heteroatoms. The van der Waals surface area contributed by atoms with Gasteiger partial charge in [-0.1, -0.05) is 52.1 Å². The zero-order valence-corrected chi connectivity index (χ0v) is 10.5. The number of hydrogen-bond acceptors (Lipinski definition) is 0. The first-order valence-corrected chi connectivity index (χ1v) is 5.85. The normalized spacial score (nSPS) is 12.9. The summed E-state index contributed by atoms with van der Waals surface area (Å²) in [6.45, 7) is 2.12. The molecule has 72 valence electrons. The van der Waals surface area contributed by atoms with Crippen molar-refractivity contribution in [3.8, 4) is 0 Å². The molecule has 1 unspecified atom stereocenters. The molecule has 0 spiro atoms. The van der Waals surface area contributed by atoms with E-state index in [4.69, 9.17) is 23.2 Å². The summed E-state index contributed by atoms with van der Waals surface area (Å²) in [7, 11) is 0. The van der Waals surface area contributed by atoms with Gasteiger partial charge in [-0.15, -0.1) is 0 Å². The number of halogens is 3. The molecular weight excluding hydrogens is 271 g/mol. The monoisotopic (exact) mass is 280 g/mol. The number of benzene rings is 1. The van der Waals surface area contributed by atoms with Crippen molar-refractivity contribution in [1.82, 2.24) is 0 Å². The fourth-order valence-electron chi connectivity index (χ4n) is 1.11. The van der Waals surface area contributed by atoms with Crippen LogP contribution in [0.1, 0.15) is 18.9 Å². The van der Waals surface area contributed by atoms with E-state index in [-0.39, 0.29) is 0 Å². The molecule has 0 bridgehead atoms. The Labute approximate surface area is 97.4 Å². The molecule has 1 atom stereocenters. The van der Waals surface area contributed by atoms with Crippen LogP contribution in [-0.4, -0.2) is 4.83 Å². The van der Waals surface area contributed by atoms with Crippen LogP contribution >= 0.6 is 39.1 Å². The van der Waals surface area contributed by atoms with E-state index in [0.29, 0.717) is 4.83 Å². The van der Waals surface area contributed by atoms with Gasteiger partial charge in [0.2, 0.25) is 0 Å². The lowest BCUT2D eigenvalue weighted by molar-refractivity contribution is 0.822. The lowest BCUT2D eigenvalue weighted by atomic mass is 10.1. The molecule has 0 aromatic heterocycles. The average molecular weight is 282 g/mol. The fourth-order valence-corrected chi connectivity index (χ4v) is 1.93. The smallest absolute Gasteiger partial charge is 0.0452 e. The molecule has 13 heavy (non-hydrogen) atoms. The number of alkyl halides is 1. The third kappa shape index (κ3) is 3.49. The van der Waals surface area contributed by atoms with Crippen LogP contribution < -0.4 is 0 Å². The molecule has 1 aromatic rings. The summed E-state index contributed by atoms with van der Waals surface area (Å²) in [4.78, 5) is 0.500. The first-order chi connectivity index (χ1) is 6.11. The molecule has 0 saturated carbocycles. The van der Waals surface area contributed by atoms with Crippen LogP contribution in [-0.2, 0) is 6.42 Å². The predicted octanol–water partition coefficient (Wildman–Crippen LogP) is 4.71. The van der Waals surface area contributed by atoms with E-state index in [1.54, 1.807) is 0 Å². The van der Waals surface area contributed by atoms with E-state index < -0.39 is 0 Å². The molecule has 0 aliphatic rings. The molecule has 0 aliphatic heterocycles. The minimum absolute atomic E-state index is 0.500. The third-order valence-corrected chi connectivity index (χ3v) is 3.02. The highest BCUT2D eigenvalue weighted by Crippen LogP contribution is 2.26. The summed E-state index contributed by atoms with van der Waals surface area (Å²) in [5.74, 6) is 0. The molecule has 0 fully saturated rings. The topological polar surface area (TPSA) is 0 Å². The van der Waals surface area contributed by atoms with Gasteiger partial charge in [-0.3, -0.25) is 0 Å². The molecule has 0 nitrogen and oxygen atoms in total. The van der Waals surface area contributed by atoms with E-state index in [2.05, 4.69) is 22.9 Å². The molecule has 0 heterocycles. The van der Waals surface area contributed by atoms with Crippen molar-refractivity contribution in [2.75, 3.05) is 0 Å². The molecule has 0 aliphatic carbocycles. The maximum absolute atomic E-state index is 6.01. The summed E-state index contributed by atoms with van der Waals surface area (Å²) in [6, 6.07) is 5.62. The zero-order chi connectivity index (χ0) is 9.84. The van der Waals surface area contributed by atoms with Crippen LogP contribution in [0.2, 0.25) is 10.0 Å². The van der Waals surface area contributed by atoms with Crippen molar-refractivity contribution in [1.29, 1.82) is 0 Å². The van der Waals surface area contributed by atoms with Gasteiger partial charge in [-0.2, -0.15) is 0 Å². The van der Waals surface area contributed by atoms with Gasteiger partial charge in [0.25, 0.3) is 0 Å². The second-order valence-corrected chi connectivity index (χ2v) is 5.40. The van der Waals surface area contributed by atoms with E-state index in [9.17, 15) is 0 Å². The average Bonchev–Trinajstić information content (AvgIpc) is 2.03. The van der Waals surface area contributed by atoms with Gasteiger partial charge < -0.3 is 0 Å². The van der Waals surface area contributed by atoms with E-state index in [1.807, 2.05) is 18.2 Å². The van der Waals surface area contributed by atoms with Crippen molar-refractivity contribution in [2.45, 2.75) is 24.6 Å². The lowest BCUT2D eigenvalue weighted by Gasteiger charge is -2.07. The Morgan fingerprint density at radius 1 is 1.31 bits per heavy atom. The molecule has 1 rings (SSSR count). The Bertz CT molecular complexity index is 264. The first-order valence-electron chi connectivity index (χ1n) is 4.18. The quantitative estimate of drug-likeness (QED) is 0.704. The van der Waals surface area contributed by atoms with Crippen molar-refractivity contribution >= 4 is 39.1 Å². The highest BCUT2D eigenvalue weighted by Gasteiger charge is 2.06. The molecule has 0 N–H and O–H groups in total. The Kier molecular flexibility index (Phi) is 4.57. The maximum Gasteiger partial charge on any atom is 0.0452 e. The minimum atomic E-state index is 0.500. The predicted molar refractivity (Wildman–Crippen MR) is 63.2 cm³/mol. The van der Waals surface area contributed by atoms with Gasteiger partial charge in [0, 0.05) is 14.9 Å². The van der Waals surface area contributed by atoms with Crippen LogP contribution in [0.3, 0.4) is 0 Å². The van der Waals surface area contributed by atoms with E-state index >= 15 is 0 Å². The fraction of sp³-hybridized carbons (Fsp3) is 0.400. The number of hydrogen-bond donors (Lipinski definition) is 0. The van der Waals surface area contributed by atoms with Gasteiger partial charge in [0.05, 0.1) is 0 Å². The zero-order valence-electron chi connectivity index (χ0n) is 7.36. The van der Waals surface area contributed by atoms with Gasteiger partial charge in [0.1, 0.15) is 0 Å². The first kappa shape index (κ1) is 11.4. The Morgan fingerprint density at radius 2 is 1.85 bits per heavy atom. The molecule has 0 amide bonds. The number of rotatable bonds is 3. The van der Waals surface area contributed by atoms with Crippen molar-refractivity contribution in [3.05, 3.63) is 33.8 Å².